The number of carbonyl (C=O) groups is 1. The van der Waals surface area contributed by atoms with Crippen LogP contribution in [0.4, 0.5) is 0 Å². The van der Waals surface area contributed by atoms with Crippen LogP contribution in [0.2, 0.25) is 0 Å². The minimum absolute atomic E-state index is 0.203. The topological polar surface area (TPSA) is 43.1 Å². The van der Waals surface area contributed by atoms with Crippen LogP contribution < -0.4 is 5.73 Å². The molecular weight excluding hydrogens is 298 g/mol. The summed E-state index contributed by atoms with van der Waals surface area (Å²) in [6.07, 6.45) is 5.16. The molecule has 2 rings (SSSR count). The lowest BCUT2D eigenvalue weighted by molar-refractivity contribution is -0.124. The molecule has 17 heavy (non-hydrogen) atoms. The smallest absolute Gasteiger partial charge is 0.141 e. The number of carbonyl (C=O) groups excluding carboxylic acids is 1. The summed E-state index contributed by atoms with van der Waals surface area (Å²) in [6, 6.07) is 2.04. The molecule has 4 heteroatoms. The zero-order chi connectivity index (χ0) is 12.3. The van der Waals surface area contributed by atoms with E-state index < -0.39 is 0 Å². The molecule has 0 saturated heterocycles. The number of halogens is 1. The van der Waals surface area contributed by atoms with Gasteiger partial charge in [-0.05, 0) is 47.3 Å². The first-order valence-electron chi connectivity index (χ1n) is 6.16. The lowest BCUT2D eigenvalue weighted by atomic mass is 9.76. The first-order chi connectivity index (χ1) is 8.20. The van der Waals surface area contributed by atoms with Crippen molar-refractivity contribution in [3.8, 4) is 0 Å². The molecule has 1 saturated carbocycles. The lowest BCUT2D eigenvalue weighted by Crippen LogP contribution is -2.33. The highest BCUT2D eigenvalue weighted by molar-refractivity contribution is 9.10. The summed E-state index contributed by atoms with van der Waals surface area (Å²) in [5, 5.41) is 2.03. The van der Waals surface area contributed by atoms with Gasteiger partial charge in [-0.25, -0.2) is 0 Å². The zero-order valence-corrected chi connectivity index (χ0v) is 12.2. The normalized spacial score (nSPS) is 24.8. The fourth-order valence-electron chi connectivity index (χ4n) is 2.66. The summed E-state index contributed by atoms with van der Waals surface area (Å²) in [6.45, 7) is 0.657. The van der Waals surface area contributed by atoms with Crippen LogP contribution in [-0.2, 0) is 11.2 Å². The van der Waals surface area contributed by atoms with Crippen molar-refractivity contribution in [1.29, 1.82) is 0 Å². The Morgan fingerprint density at radius 3 is 2.88 bits per heavy atom. The van der Waals surface area contributed by atoms with Gasteiger partial charge in [0, 0.05) is 27.1 Å². The molecule has 0 aromatic carbocycles. The van der Waals surface area contributed by atoms with Crippen LogP contribution in [0, 0.1) is 11.8 Å². The van der Waals surface area contributed by atoms with E-state index >= 15 is 0 Å². The van der Waals surface area contributed by atoms with E-state index in [1.165, 1.54) is 12.8 Å². The van der Waals surface area contributed by atoms with Crippen LogP contribution in [0.5, 0.6) is 0 Å². The van der Waals surface area contributed by atoms with E-state index in [1.807, 2.05) is 11.4 Å². The van der Waals surface area contributed by atoms with Gasteiger partial charge in [0.15, 0.2) is 0 Å². The quantitative estimate of drug-likeness (QED) is 0.925. The number of rotatable bonds is 4. The third-order valence-electron chi connectivity index (χ3n) is 3.60. The van der Waals surface area contributed by atoms with Crippen molar-refractivity contribution in [2.24, 2.45) is 17.6 Å². The maximum absolute atomic E-state index is 12.3. The molecule has 1 heterocycles. The number of Topliss-reactive ketones (excluding diaryl/α,β-unsaturated/α-hetero) is 1. The van der Waals surface area contributed by atoms with E-state index in [-0.39, 0.29) is 5.92 Å². The predicted molar refractivity (Wildman–Crippen MR) is 75.2 cm³/mol. The Hall–Kier alpha value is -0.190. The van der Waals surface area contributed by atoms with Crippen molar-refractivity contribution in [3.63, 3.8) is 0 Å². The highest BCUT2D eigenvalue weighted by atomic mass is 79.9. The maximum Gasteiger partial charge on any atom is 0.141 e. The number of hydrogen-bond acceptors (Lipinski definition) is 3. The molecule has 0 spiro atoms. The molecule has 1 fully saturated rings. The van der Waals surface area contributed by atoms with Gasteiger partial charge in [-0.3, -0.25) is 4.79 Å². The predicted octanol–water partition coefficient (Wildman–Crippen LogP) is 3.39. The van der Waals surface area contributed by atoms with Crippen molar-refractivity contribution in [1.82, 2.24) is 0 Å². The summed E-state index contributed by atoms with van der Waals surface area (Å²) < 4.78 is 1.07. The van der Waals surface area contributed by atoms with Gasteiger partial charge in [-0.1, -0.05) is 12.8 Å². The summed E-state index contributed by atoms with van der Waals surface area (Å²) in [5.74, 6) is 1.00. The number of thiophene rings is 1. The molecular formula is C13H18BrNOS. The summed E-state index contributed by atoms with van der Waals surface area (Å²) in [4.78, 5) is 13.4. The summed E-state index contributed by atoms with van der Waals surface area (Å²) in [5.41, 5.74) is 5.77. The summed E-state index contributed by atoms with van der Waals surface area (Å²) >= 11 is 5.07. The van der Waals surface area contributed by atoms with Gasteiger partial charge in [0.05, 0.1) is 0 Å². The highest BCUT2D eigenvalue weighted by Crippen LogP contribution is 2.31. The first-order valence-corrected chi connectivity index (χ1v) is 7.83. The highest BCUT2D eigenvalue weighted by Gasteiger charge is 2.29. The molecule has 2 atom stereocenters. The van der Waals surface area contributed by atoms with E-state index in [9.17, 15) is 4.79 Å². The van der Waals surface area contributed by atoms with E-state index in [0.717, 1.165) is 22.2 Å². The average molecular weight is 316 g/mol. The van der Waals surface area contributed by atoms with Crippen molar-refractivity contribution >= 4 is 33.0 Å². The molecule has 0 aliphatic heterocycles. The Bertz CT molecular complexity index is 391. The molecule has 0 radical (unpaired) electrons. The number of ketones is 1. The van der Waals surface area contributed by atoms with Crippen molar-refractivity contribution in [2.45, 2.75) is 32.1 Å². The van der Waals surface area contributed by atoms with Gasteiger partial charge in [0.25, 0.3) is 0 Å². The maximum atomic E-state index is 12.3. The lowest BCUT2D eigenvalue weighted by Gasteiger charge is -2.29. The molecule has 1 aromatic rings. The van der Waals surface area contributed by atoms with E-state index in [0.29, 0.717) is 24.7 Å². The van der Waals surface area contributed by atoms with Gasteiger partial charge >= 0.3 is 0 Å². The Kier molecular flexibility index (Phi) is 4.77. The fourth-order valence-corrected chi connectivity index (χ4v) is 4.12. The molecule has 2 nitrogen and oxygen atoms in total. The molecule has 0 amide bonds. The number of nitrogens with two attached hydrogens (primary N) is 1. The average Bonchev–Trinajstić information content (AvgIpc) is 2.74. The van der Waals surface area contributed by atoms with Crippen LogP contribution >= 0.6 is 27.3 Å². The second-order valence-corrected chi connectivity index (χ2v) is 6.67. The Morgan fingerprint density at radius 2 is 2.24 bits per heavy atom. The molecule has 0 bridgehead atoms. The largest absolute Gasteiger partial charge is 0.330 e. The van der Waals surface area contributed by atoms with Crippen LogP contribution in [0.1, 0.15) is 30.6 Å². The Labute approximate surface area is 115 Å². The molecule has 94 valence electrons. The summed E-state index contributed by atoms with van der Waals surface area (Å²) in [7, 11) is 0. The zero-order valence-electron chi connectivity index (χ0n) is 9.82. The number of hydrogen-bond donors (Lipinski definition) is 1. The minimum atomic E-state index is 0.203. The second kappa shape index (κ2) is 6.12. The van der Waals surface area contributed by atoms with E-state index in [4.69, 9.17) is 5.73 Å². The molecule has 1 aromatic heterocycles. The SMILES string of the molecule is NCC1CCCCC1C(=O)Cc1cc(Br)cs1. The monoisotopic (exact) mass is 315 g/mol. The van der Waals surface area contributed by atoms with Gasteiger partial charge < -0.3 is 5.73 Å². The minimum Gasteiger partial charge on any atom is -0.330 e. The van der Waals surface area contributed by atoms with Crippen LogP contribution in [-0.4, -0.2) is 12.3 Å². The second-order valence-electron chi connectivity index (χ2n) is 4.76. The van der Waals surface area contributed by atoms with Crippen molar-refractivity contribution in [2.75, 3.05) is 6.54 Å². The van der Waals surface area contributed by atoms with Crippen molar-refractivity contribution < 1.29 is 4.79 Å². The molecule has 2 unspecified atom stereocenters. The fraction of sp³-hybridized carbons (Fsp3) is 0.615. The Balaban J connectivity index is 1.98. The molecule has 2 N–H and O–H groups in total. The van der Waals surface area contributed by atoms with Crippen molar-refractivity contribution in [3.05, 3.63) is 20.8 Å². The first kappa shape index (κ1) is 13.2. The molecule has 1 aliphatic carbocycles. The van der Waals surface area contributed by atoms with Crippen LogP contribution in [0.15, 0.2) is 15.9 Å². The van der Waals surface area contributed by atoms with E-state index in [1.54, 1.807) is 11.3 Å². The van der Waals surface area contributed by atoms with Crippen LogP contribution in [0.25, 0.3) is 0 Å². The van der Waals surface area contributed by atoms with E-state index in [2.05, 4.69) is 15.9 Å². The standard InChI is InChI=1S/C13H18BrNOS/c14-10-5-11(17-8-10)6-13(16)12-4-2-1-3-9(12)7-15/h5,8-9,12H,1-4,6-7,15H2. The Morgan fingerprint density at radius 1 is 1.47 bits per heavy atom. The third-order valence-corrected chi connectivity index (χ3v) is 5.29. The van der Waals surface area contributed by atoms with Gasteiger partial charge in [0.2, 0.25) is 0 Å². The van der Waals surface area contributed by atoms with Gasteiger partial charge in [0.1, 0.15) is 5.78 Å². The van der Waals surface area contributed by atoms with Gasteiger partial charge in [-0.2, -0.15) is 0 Å². The third kappa shape index (κ3) is 3.39. The molecule has 1 aliphatic rings. The van der Waals surface area contributed by atoms with Gasteiger partial charge in [-0.15, -0.1) is 11.3 Å². The van der Waals surface area contributed by atoms with Crippen LogP contribution in [0.3, 0.4) is 0 Å².